The average molecular weight is 669 g/mol. The molecule has 48 heavy (non-hydrogen) atoms. The maximum Gasteiger partial charge on any atom is 0.164 e. The Morgan fingerprint density at radius 2 is 1.33 bits per heavy atom. The molecule has 0 amide bonds. The number of hydrogen-bond acceptors (Lipinski definition) is 8. The van der Waals surface area contributed by atoms with Gasteiger partial charge in [0, 0.05) is 56.9 Å². The van der Waals surface area contributed by atoms with Gasteiger partial charge in [0.05, 0.1) is 11.4 Å². The smallest absolute Gasteiger partial charge is 0.164 e. The monoisotopic (exact) mass is 668 g/mol. The van der Waals surface area contributed by atoms with Crippen molar-refractivity contribution in [3.63, 3.8) is 0 Å². The third-order valence-corrected chi connectivity index (χ3v) is 12.6. The van der Waals surface area contributed by atoms with Crippen LogP contribution in [0.3, 0.4) is 0 Å². The molecule has 3 saturated heterocycles. The van der Waals surface area contributed by atoms with Gasteiger partial charge in [-0.1, -0.05) is 18.2 Å². The number of para-hydroxylation sites is 1. The van der Waals surface area contributed by atoms with Gasteiger partial charge in [0.1, 0.15) is 29.3 Å². The van der Waals surface area contributed by atoms with E-state index >= 15 is 0 Å². The zero-order chi connectivity index (χ0) is 31.4. The Morgan fingerprint density at radius 3 is 1.98 bits per heavy atom. The number of nitrogens with two attached hydrogens (primary N) is 1. The van der Waals surface area contributed by atoms with E-state index in [0.29, 0.717) is 22.7 Å². The van der Waals surface area contributed by atoms with Crippen molar-refractivity contribution >= 4 is 29.3 Å². The molecular weight excluding hydrogens is 620 g/mol. The first kappa shape index (κ1) is 32.0. The quantitative estimate of drug-likeness (QED) is 0.234. The van der Waals surface area contributed by atoms with Crippen LogP contribution in [0, 0.1) is 10.8 Å². The lowest BCUT2D eigenvalue weighted by atomic mass is 9.64. The first-order chi connectivity index (χ1) is 23.1. The molecule has 5 heterocycles. The fourth-order valence-corrected chi connectivity index (χ4v) is 9.64. The van der Waals surface area contributed by atoms with Crippen molar-refractivity contribution in [2.75, 3.05) is 45.0 Å². The molecule has 2 spiro atoms. The SMILES string of the molecule is Cl.Nc1ncnc2c1c(-c1ccc(Oc3ccccc3)cc1)nn2C1CCN(C2CCC3(CC2)CN(C2CCC4(CC2)CNC4)C3)CC1. The lowest BCUT2D eigenvalue weighted by molar-refractivity contribution is -0.0862. The first-order valence-electron chi connectivity index (χ1n) is 18.1. The molecule has 2 aromatic heterocycles. The Balaban J connectivity index is 0.00000336. The minimum atomic E-state index is 0. The van der Waals surface area contributed by atoms with Crippen molar-refractivity contribution in [1.82, 2.24) is 34.9 Å². The molecule has 0 radical (unpaired) electrons. The van der Waals surface area contributed by atoms with Gasteiger partial charge in [-0.15, -0.1) is 12.4 Å². The molecule has 0 atom stereocenters. The topological polar surface area (TPSA) is 97.4 Å². The highest BCUT2D eigenvalue weighted by atomic mass is 35.5. The number of halogens is 1. The second kappa shape index (κ2) is 12.9. The number of nitrogen functional groups attached to an aromatic ring is 1. The fraction of sp³-hybridized carbons (Fsp3) is 0.553. The summed E-state index contributed by atoms with van der Waals surface area (Å²) < 4.78 is 8.16. The number of rotatable bonds is 6. The summed E-state index contributed by atoms with van der Waals surface area (Å²) in [6.07, 6.45) is 15.0. The summed E-state index contributed by atoms with van der Waals surface area (Å²) in [5, 5.41) is 9.52. The summed E-state index contributed by atoms with van der Waals surface area (Å²) in [4.78, 5) is 14.7. The summed E-state index contributed by atoms with van der Waals surface area (Å²) in [6.45, 7) is 7.50. The summed E-state index contributed by atoms with van der Waals surface area (Å²) in [5.74, 6) is 2.08. The normalized spacial score (nSPS) is 24.6. The van der Waals surface area contributed by atoms with E-state index in [-0.39, 0.29) is 12.4 Å². The van der Waals surface area contributed by atoms with Gasteiger partial charge in [0.25, 0.3) is 0 Å². The first-order valence-corrected chi connectivity index (χ1v) is 18.1. The van der Waals surface area contributed by atoms with Crippen LogP contribution in [0.15, 0.2) is 60.9 Å². The molecule has 5 fully saturated rings. The van der Waals surface area contributed by atoms with Gasteiger partial charge >= 0.3 is 0 Å². The van der Waals surface area contributed by atoms with Crippen molar-refractivity contribution in [3.05, 3.63) is 60.9 Å². The van der Waals surface area contributed by atoms with Crippen LogP contribution in [-0.4, -0.2) is 80.9 Å². The zero-order valence-electron chi connectivity index (χ0n) is 27.9. The predicted octanol–water partition coefficient (Wildman–Crippen LogP) is 6.70. The molecule has 0 unspecified atom stereocenters. The van der Waals surface area contributed by atoms with Gasteiger partial charge in [0.2, 0.25) is 0 Å². The van der Waals surface area contributed by atoms with Gasteiger partial charge in [-0.2, -0.15) is 5.10 Å². The van der Waals surface area contributed by atoms with E-state index < -0.39 is 0 Å². The number of nitrogens with zero attached hydrogens (tertiary/aromatic N) is 6. The predicted molar refractivity (Wildman–Crippen MR) is 193 cm³/mol. The summed E-state index contributed by atoms with van der Waals surface area (Å²) in [7, 11) is 0. The van der Waals surface area contributed by atoms with Crippen LogP contribution in [0.5, 0.6) is 11.5 Å². The van der Waals surface area contributed by atoms with E-state index in [1.807, 2.05) is 54.6 Å². The van der Waals surface area contributed by atoms with Crippen LogP contribution in [0.25, 0.3) is 22.3 Å². The highest BCUT2D eigenvalue weighted by molar-refractivity contribution is 5.98. The number of nitrogens with one attached hydrogen (secondary N) is 1. The molecular formula is C38H49ClN8O. The number of fused-ring (bicyclic) bond motifs is 1. The molecule has 9 nitrogen and oxygen atoms in total. The van der Waals surface area contributed by atoms with Crippen molar-refractivity contribution in [2.24, 2.45) is 10.8 Å². The highest BCUT2D eigenvalue weighted by Crippen LogP contribution is 2.49. The average Bonchev–Trinajstić information content (AvgIpc) is 3.49. The van der Waals surface area contributed by atoms with Gasteiger partial charge in [-0.3, -0.25) is 4.90 Å². The molecule has 0 bridgehead atoms. The number of aromatic nitrogens is 4. The van der Waals surface area contributed by atoms with Gasteiger partial charge < -0.3 is 20.7 Å². The molecule has 2 aromatic carbocycles. The van der Waals surface area contributed by atoms with Gasteiger partial charge in [-0.25, -0.2) is 14.6 Å². The highest BCUT2D eigenvalue weighted by Gasteiger charge is 2.50. The molecule has 5 aliphatic rings. The van der Waals surface area contributed by atoms with E-state index in [1.54, 1.807) is 6.33 Å². The second-order valence-corrected chi connectivity index (χ2v) is 15.4. The number of benzene rings is 2. The maximum absolute atomic E-state index is 6.45. The molecule has 2 saturated carbocycles. The molecule has 4 aromatic rings. The van der Waals surface area contributed by atoms with Crippen LogP contribution >= 0.6 is 12.4 Å². The van der Waals surface area contributed by atoms with E-state index in [9.17, 15) is 0 Å². The molecule has 9 rings (SSSR count). The summed E-state index contributed by atoms with van der Waals surface area (Å²) in [5.41, 5.74) is 10.4. The minimum absolute atomic E-state index is 0. The largest absolute Gasteiger partial charge is 0.457 e. The number of anilines is 1. The lowest BCUT2D eigenvalue weighted by Crippen LogP contribution is -2.64. The van der Waals surface area contributed by atoms with Crippen LogP contribution in [-0.2, 0) is 0 Å². The Kier molecular flexibility index (Phi) is 8.60. The number of piperidine rings is 1. The second-order valence-electron chi connectivity index (χ2n) is 15.4. The Bertz CT molecular complexity index is 1690. The third-order valence-electron chi connectivity index (χ3n) is 12.6. The van der Waals surface area contributed by atoms with E-state index in [0.717, 1.165) is 71.8 Å². The Hall–Kier alpha value is -3.24. The minimum Gasteiger partial charge on any atom is -0.457 e. The van der Waals surface area contributed by atoms with Crippen LogP contribution < -0.4 is 15.8 Å². The standard InChI is InChI=1S/C38H48N8O.ClH/c39-35-33-34(27-6-8-32(9-7-27)47-31-4-2-1-3-5-31)43-46(36(33)42-26-41-35)30-14-20-44(21-15-30)28-12-18-38(19-13-28)24-45(25-38)29-10-16-37(17-11-29)22-40-23-37;/h1-9,26,28-30,40H,10-25H2,(H2,39,41,42);1H. The molecule has 3 aliphatic heterocycles. The van der Waals surface area contributed by atoms with E-state index in [4.69, 9.17) is 20.6 Å². The van der Waals surface area contributed by atoms with Crippen molar-refractivity contribution < 1.29 is 4.74 Å². The van der Waals surface area contributed by atoms with Crippen LogP contribution in [0.2, 0.25) is 0 Å². The fourth-order valence-electron chi connectivity index (χ4n) is 9.64. The summed E-state index contributed by atoms with van der Waals surface area (Å²) >= 11 is 0. The van der Waals surface area contributed by atoms with Crippen molar-refractivity contribution in [2.45, 2.75) is 82.3 Å². The van der Waals surface area contributed by atoms with Crippen LogP contribution in [0.4, 0.5) is 5.82 Å². The molecule has 10 heteroatoms. The molecule has 2 aliphatic carbocycles. The number of ether oxygens (including phenoxy) is 1. The van der Waals surface area contributed by atoms with Gasteiger partial charge in [0.15, 0.2) is 5.65 Å². The van der Waals surface area contributed by atoms with Gasteiger partial charge in [-0.05, 0) is 111 Å². The third kappa shape index (κ3) is 5.86. The lowest BCUT2D eigenvalue weighted by Gasteiger charge is -2.59. The maximum atomic E-state index is 6.45. The van der Waals surface area contributed by atoms with Crippen molar-refractivity contribution in [3.8, 4) is 22.8 Å². The Labute approximate surface area is 290 Å². The Morgan fingerprint density at radius 1 is 0.708 bits per heavy atom. The number of hydrogen-bond donors (Lipinski definition) is 2. The van der Waals surface area contributed by atoms with E-state index in [2.05, 4.69) is 24.8 Å². The molecule has 3 N–H and O–H groups in total. The van der Waals surface area contributed by atoms with Crippen LogP contribution in [0.1, 0.15) is 70.3 Å². The number of likely N-dealkylation sites (tertiary alicyclic amines) is 2. The molecule has 254 valence electrons. The summed E-state index contributed by atoms with van der Waals surface area (Å²) in [6, 6.07) is 19.8. The van der Waals surface area contributed by atoms with E-state index in [1.165, 1.54) is 77.5 Å². The van der Waals surface area contributed by atoms with Crippen molar-refractivity contribution in [1.29, 1.82) is 0 Å². The zero-order valence-corrected chi connectivity index (χ0v) is 28.7.